The van der Waals surface area contributed by atoms with Gasteiger partial charge in [-0.1, -0.05) is 0 Å². The molecule has 0 aliphatic rings. The number of hydrogen-bond acceptors (Lipinski definition) is 5. The van der Waals surface area contributed by atoms with Crippen molar-refractivity contribution in [1.82, 2.24) is 15.0 Å². The lowest BCUT2D eigenvalue weighted by atomic mass is 10.1. The van der Waals surface area contributed by atoms with Crippen molar-refractivity contribution in [3.05, 3.63) is 41.9 Å². The number of nitrogens with zero attached hydrogens (tertiary/aromatic N) is 3. The summed E-state index contributed by atoms with van der Waals surface area (Å²) in [5.41, 5.74) is 2.22. The first-order valence-corrected chi connectivity index (χ1v) is 6.32. The molecule has 2 heterocycles. The lowest BCUT2D eigenvalue weighted by Gasteiger charge is -2.09. The molecular weight excluding hydrogens is 240 g/mol. The molecule has 100 valence electrons. The first-order chi connectivity index (χ1) is 9.29. The zero-order valence-corrected chi connectivity index (χ0v) is 11.3. The van der Waals surface area contributed by atoms with Crippen molar-refractivity contribution < 1.29 is 4.74 Å². The van der Waals surface area contributed by atoms with E-state index in [0.717, 1.165) is 18.4 Å². The van der Waals surface area contributed by atoms with Gasteiger partial charge in [-0.15, -0.1) is 0 Å². The van der Waals surface area contributed by atoms with Gasteiger partial charge in [0.05, 0.1) is 6.61 Å². The van der Waals surface area contributed by atoms with Gasteiger partial charge in [-0.3, -0.25) is 4.98 Å². The lowest BCUT2D eigenvalue weighted by molar-refractivity contribution is 0.297. The van der Waals surface area contributed by atoms with Crippen LogP contribution in [0, 0.1) is 6.92 Å². The predicted octanol–water partition coefficient (Wildman–Crippen LogP) is 2.23. The molecule has 0 fully saturated rings. The Morgan fingerprint density at radius 1 is 1.26 bits per heavy atom. The largest absolute Gasteiger partial charge is 0.477 e. The Kier molecular flexibility index (Phi) is 4.66. The van der Waals surface area contributed by atoms with Gasteiger partial charge in [0.25, 0.3) is 0 Å². The van der Waals surface area contributed by atoms with E-state index in [-0.39, 0.29) is 0 Å². The van der Waals surface area contributed by atoms with Crippen LogP contribution in [0.3, 0.4) is 0 Å². The molecule has 0 radical (unpaired) electrons. The second-order valence-corrected chi connectivity index (χ2v) is 4.24. The van der Waals surface area contributed by atoms with Crippen LogP contribution < -0.4 is 10.1 Å². The maximum Gasteiger partial charge on any atom is 0.225 e. The van der Waals surface area contributed by atoms with Crippen LogP contribution in [0.2, 0.25) is 0 Å². The summed E-state index contributed by atoms with van der Waals surface area (Å²) in [5, 5.41) is 2.90. The van der Waals surface area contributed by atoms with Gasteiger partial charge in [-0.2, -0.15) is 4.98 Å². The molecule has 19 heavy (non-hydrogen) atoms. The van der Waals surface area contributed by atoms with Gasteiger partial charge in [-0.25, -0.2) is 4.98 Å². The molecule has 0 saturated carbocycles. The number of nitrogens with one attached hydrogen (secondary N) is 1. The van der Waals surface area contributed by atoms with Crippen molar-refractivity contribution in [2.45, 2.75) is 19.8 Å². The van der Waals surface area contributed by atoms with Crippen molar-refractivity contribution in [2.24, 2.45) is 0 Å². The second kappa shape index (κ2) is 6.68. The molecule has 5 heteroatoms. The number of rotatable bonds is 6. The van der Waals surface area contributed by atoms with Crippen molar-refractivity contribution in [3.8, 4) is 5.88 Å². The van der Waals surface area contributed by atoms with Crippen molar-refractivity contribution in [2.75, 3.05) is 19.0 Å². The predicted molar refractivity (Wildman–Crippen MR) is 74.4 cm³/mol. The van der Waals surface area contributed by atoms with Crippen LogP contribution in [0.4, 0.5) is 5.95 Å². The van der Waals surface area contributed by atoms with Gasteiger partial charge >= 0.3 is 0 Å². The third kappa shape index (κ3) is 3.91. The van der Waals surface area contributed by atoms with E-state index < -0.39 is 0 Å². The first kappa shape index (κ1) is 13.3. The Bertz CT molecular complexity index is 516. The molecule has 5 nitrogen and oxygen atoms in total. The van der Waals surface area contributed by atoms with Crippen LogP contribution in [0.5, 0.6) is 5.88 Å². The highest BCUT2D eigenvalue weighted by Crippen LogP contribution is 2.15. The average Bonchev–Trinajstić information content (AvgIpc) is 2.46. The minimum absolute atomic E-state index is 0.578. The fraction of sp³-hybridized carbons (Fsp3) is 0.357. The summed E-state index contributed by atoms with van der Waals surface area (Å²) in [6, 6.07) is 4.05. The number of aromatic nitrogens is 3. The van der Waals surface area contributed by atoms with E-state index in [0.29, 0.717) is 18.4 Å². The number of aryl methyl sites for hydroxylation is 2. The molecule has 2 aromatic heterocycles. The number of anilines is 1. The molecule has 2 aromatic rings. The van der Waals surface area contributed by atoms with Crippen LogP contribution >= 0.6 is 0 Å². The molecule has 0 aliphatic heterocycles. The Balaban J connectivity index is 1.82. The van der Waals surface area contributed by atoms with Crippen molar-refractivity contribution in [3.63, 3.8) is 0 Å². The molecule has 0 unspecified atom stereocenters. The average molecular weight is 258 g/mol. The summed E-state index contributed by atoms with van der Waals surface area (Å²) in [4.78, 5) is 12.4. The van der Waals surface area contributed by atoms with E-state index in [1.807, 2.05) is 31.5 Å². The third-order valence-corrected chi connectivity index (χ3v) is 2.75. The Morgan fingerprint density at radius 3 is 2.79 bits per heavy atom. The highest BCUT2D eigenvalue weighted by molar-refractivity contribution is 5.31. The first-order valence-electron chi connectivity index (χ1n) is 6.32. The fourth-order valence-electron chi connectivity index (χ4n) is 1.69. The minimum atomic E-state index is 0.578. The van der Waals surface area contributed by atoms with Gasteiger partial charge in [0, 0.05) is 31.2 Å². The third-order valence-electron chi connectivity index (χ3n) is 2.75. The van der Waals surface area contributed by atoms with E-state index in [1.165, 1.54) is 5.56 Å². The Labute approximate surface area is 113 Å². The molecule has 0 atom stereocenters. The van der Waals surface area contributed by atoms with E-state index in [2.05, 4.69) is 20.3 Å². The molecule has 2 rings (SSSR count). The van der Waals surface area contributed by atoms with E-state index in [4.69, 9.17) is 4.74 Å². The van der Waals surface area contributed by atoms with E-state index >= 15 is 0 Å². The van der Waals surface area contributed by atoms with Gasteiger partial charge < -0.3 is 10.1 Å². The summed E-state index contributed by atoms with van der Waals surface area (Å²) in [5.74, 6) is 1.23. The van der Waals surface area contributed by atoms with Gasteiger partial charge in [0.2, 0.25) is 11.8 Å². The molecule has 0 bridgehead atoms. The van der Waals surface area contributed by atoms with Crippen LogP contribution in [0.25, 0.3) is 0 Å². The van der Waals surface area contributed by atoms with E-state index in [1.54, 1.807) is 13.2 Å². The molecular formula is C14H18N4O. The maximum absolute atomic E-state index is 5.69. The molecule has 1 N–H and O–H groups in total. The standard InChI is InChI=1S/C14H18N4O/c1-11-10-17-14(15-2)18-13(11)19-9-3-4-12-5-7-16-8-6-12/h5-8,10H,3-4,9H2,1-2H3,(H,15,17,18). The van der Waals surface area contributed by atoms with E-state index in [9.17, 15) is 0 Å². The van der Waals surface area contributed by atoms with Crippen LogP contribution in [-0.2, 0) is 6.42 Å². The second-order valence-electron chi connectivity index (χ2n) is 4.24. The molecule has 0 spiro atoms. The van der Waals surface area contributed by atoms with Crippen LogP contribution in [0.1, 0.15) is 17.5 Å². The number of hydrogen-bond donors (Lipinski definition) is 1. The Morgan fingerprint density at radius 2 is 2.05 bits per heavy atom. The molecule has 0 amide bonds. The van der Waals surface area contributed by atoms with Crippen molar-refractivity contribution in [1.29, 1.82) is 0 Å². The summed E-state index contributed by atoms with van der Waals surface area (Å²) >= 11 is 0. The zero-order valence-electron chi connectivity index (χ0n) is 11.3. The van der Waals surface area contributed by atoms with Gasteiger partial charge in [0.15, 0.2) is 0 Å². The molecule has 0 aromatic carbocycles. The number of ether oxygens (including phenoxy) is 1. The fourth-order valence-corrected chi connectivity index (χ4v) is 1.69. The summed E-state index contributed by atoms with van der Waals surface area (Å²) in [6.45, 7) is 2.58. The lowest BCUT2D eigenvalue weighted by Crippen LogP contribution is -2.05. The molecule has 0 saturated heterocycles. The SMILES string of the molecule is CNc1ncc(C)c(OCCCc2ccncc2)n1. The molecule has 0 aliphatic carbocycles. The Hall–Kier alpha value is -2.17. The van der Waals surface area contributed by atoms with Crippen molar-refractivity contribution >= 4 is 5.95 Å². The van der Waals surface area contributed by atoms with Crippen LogP contribution in [-0.4, -0.2) is 28.6 Å². The summed E-state index contributed by atoms with van der Waals surface area (Å²) in [6.07, 6.45) is 7.30. The van der Waals surface area contributed by atoms with Gasteiger partial charge in [-0.05, 0) is 37.5 Å². The summed E-state index contributed by atoms with van der Waals surface area (Å²) < 4.78 is 5.69. The minimum Gasteiger partial charge on any atom is -0.477 e. The quantitative estimate of drug-likeness (QED) is 0.805. The topological polar surface area (TPSA) is 59.9 Å². The highest BCUT2D eigenvalue weighted by atomic mass is 16.5. The van der Waals surface area contributed by atoms with Gasteiger partial charge in [0.1, 0.15) is 0 Å². The monoisotopic (exact) mass is 258 g/mol. The zero-order chi connectivity index (χ0) is 13.5. The summed E-state index contributed by atoms with van der Waals surface area (Å²) in [7, 11) is 1.79. The maximum atomic E-state index is 5.69. The normalized spacial score (nSPS) is 10.2. The van der Waals surface area contributed by atoms with Crippen LogP contribution in [0.15, 0.2) is 30.7 Å². The smallest absolute Gasteiger partial charge is 0.225 e. The number of pyridine rings is 1. The highest BCUT2D eigenvalue weighted by Gasteiger charge is 2.03.